The number of nitrogens with one attached hydrogen (secondary N) is 2. The first-order valence-corrected chi connectivity index (χ1v) is 8.84. The van der Waals surface area contributed by atoms with Crippen molar-refractivity contribution in [3.63, 3.8) is 0 Å². The van der Waals surface area contributed by atoms with Gasteiger partial charge in [0.05, 0.1) is 15.9 Å². The number of anilines is 1. The summed E-state index contributed by atoms with van der Waals surface area (Å²) in [6, 6.07) is 15.8. The predicted molar refractivity (Wildman–Crippen MR) is 104 cm³/mol. The van der Waals surface area contributed by atoms with Gasteiger partial charge >= 0.3 is 0 Å². The van der Waals surface area contributed by atoms with Crippen molar-refractivity contribution in [1.82, 2.24) is 10.3 Å². The third kappa shape index (κ3) is 3.60. The third-order valence-electron chi connectivity index (χ3n) is 3.46. The molecule has 3 aromatic rings. The molecule has 122 valence electrons. The Morgan fingerprint density at radius 2 is 1.83 bits per heavy atom. The zero-order valence-corrected chi connectivity index (χ0v) is 15.0. The lowest BCUT2D eigenvalue weighted by molar-refractivity contribution is -0.122. The zero-order valence-electron chi connectivity index (χ0n) is 13.4. The first-order valence-electron chi connectivity index (χ1n) is 7.61. The zero-order chi connectivity index (χ0) is 17.1. The number of amides is 1. The molecule has 0 fully saturated rings. The average Bonchev–Trinajstić information content (AvgIpc) is 2.98. The van der Waals surface area contributed by atoms with E-state index in [1.54, 1.807) is 11.3 Å². The number of rotatable bonds is 3. The number of hydrogen-bond acceptors (Lipinski definition) is 4. The Bertz CT molecular complexity index is 869. The van der Waals surface area contributed by atoms with Gasteiger partial charge in [-0.3, -0.25) is 4.79 Å². The fourth-order valence-corrected chi connectivity index (χ4v) is 3.39. The van der Waals surface area contributed by atoms with E-state index in [1.807, 2.05) is 56.3 Å². The number of fused-ring (bicyclic) bond motifs is 1. The number of aromatic nitrogens is 1. The molecular weight excluding hydrogens is 338 g/mol. The van der Waals surface area contributed by atoms with E-state index in [0.717, 1.165) is 26.5 Å². The van der Waals surface area contributed by atoms with Crippen LogP contribution in [0.2, 0.25) is 0 Å². The summed E-state index contributed by atoms with van der Waals surface area (Å²) in [6.07, 6.45) is 0. The second-order valence-electron chi connectivity index (χ2n) is 5.63. The molecule has 1 amide bonds. The number of benzene rings is 2. The summed E-state index contributed by atoms with van der Waals surface area (Å²) in [5.41, 5.74) is 2.76. The minimum absolute atomic E-state index is 0.107. The maximum Gasteiger partial charge on any atom is 0.228 e. The smallest absolute Gasteiger partial charge is 0.228 e. The van der Waals surface area contributed by atoms with Crippen LogP contribution in [0, 0.1) is 5.92 Å². The van der Waals surface area contributed by atoms with E-state index >= 15 is 0 Å². The highest BCUT2D eigenvalue weighted by Crippen LogP contribution is 2.34. The van der Waals surface area contributed by atoms with E-state index in [4.69, 9.17) is 12.2 Å². The first-order chi connectivity index (χ1) is 11.5. The first kappa shape index (κ1) is 16.5. The Balaban J connectivity index is 1.88. The van der Waals surface area contributed by atoms with Crippen molar-refractivity contribution in [2.24, 2.45) is 5.92 Å². The number of hydrogen-bond donors (Lipinski definition) is 2. The minimum Gasteiger partial charge on any atom is -0.332 e. The van der Waals surface area contributed by atoms with Crippen molar-refractivity contribution < 1.29 is 4.79 Å². The average molecular weight is 355 g/mol. The van der Waals surface area contributed by atoms with Crippen LogP contribution in [0.15, 0.2) is 48.5 Å². The van der Waals surface area contributed by atoms with Crippen LogP contribution in [0.25, 0.3) is 20.8 Å². The summed E-state index contributed by atoms with van der Waals surface area (Å²) in [6.45, 7) is 3.65. The van der Waals surface area contributed by atoms with E-state index in [2.05, 4.69) is 21.7 Å². The minimum atomic E-state index is -0.121. The maximum absolute atomic E-state index is 11.8. The molecule has 24 heavy (non-hydrogen) atoms. The van der Waals surface area contributed by atoms with Crippen molar-refractivity contribution in [3.05, 3.63) is 48.5 Å². The van der Waals surface area contributed by atoms with Gasteiger partial charge in [0.25, 0.3) is 0 Å². The molecule has 2 N–H and O–H groups in total. The Morgan fingerprint density at radius 3 is 2.58 bits per heavy atom. The quantitative estimate of drug-likeness (QED) is 0.682. The van der Waals surface area contributed by atoms with E-state index in [1.165, 1.54) is 0 Å². The maximum atomic E-state index is 11.8. The summed E-state index contributed by atoms with van der Waals surface area (Å²) in [5.74, 6) is -0.228. The highest BCUT2D eigenvalue weighted by Gasteiger charge is 2.13. The lowest BCUT2D eigenvalue weighted by Gasteiger charge is -2.13. The number of thiocarbonyl (C=S) groups is 1. The Hall–Kier alpha value is -2.31. The number of thiazole rings is 1. The summed E-state index contributed by atoms with van der Waals surface area (Å²) in [5, 5.41) is 7.01. The van der Waals surface area contributed by atoms with Crippen molar-refractivity contribution in [3.8, 4) is 10.6 Å². The molecule has 2 aromatic carbocycles. The number of carbonyl (C=O) groups is 1. The molecule has 0 aliphatic heterocycles. The van der Waals surface area contributed by atoms with Crippen LogP contribution < -0.4 is 10.6 Å². The van der Waals surface area contributed by atoms with Crippen LogP contribution >= 0.6 is 23.6 Å². The molecule has 0 bridgehead atoms. The van der Waals surface area contributed by atoms with Crippen molar-refractivity contribution in [1.29, 1.82) is 0 Å². The SMILES string of the molecule is CC(C)C(=O)NC(=S)Nc1ccccc1-c1nc2ccccc2s1. The largest absolute Gasteiger partial charge is 0.332 e. The lowest BCUT2D eigenvalue weighted by Crippen LogP contribution is -2.36. The molecule has 0 saturated carbocycles. The molecule has 0 unspecified atom stereocenters. The van der Waals surface area contributed by atoms with Crippen molar-refractivity contribution in [2.45, 2.75) is 13.8 Å². The fourth-order valence-electron chi connectivity index (χ4n) is 2.18. The molecule has 1 aromatic heterocycles. The topological polar surface area (TPSA) is 54.0 Å². The van der Waals surface area contributed by atoms with Crippen LogP contribution in [0.5, 0.6) is 0 Å². The monoisotopic (exact) mass is 355 g/mol. The highest BCUT2D eigenvalue weighted by molar-refractivity contribution is 7.80. The van der Waals surface area contributed by atoms with Gasteiger partial charge in [0, 0.05) is 11.5 Å². The molecule has 0 spiro atoms. The van der Waals surface area contributed by atoms with Crippen LogP contribution in [0.4, 0.5) is 5.69 Å². The summed E-state index contributed by atoms with van der Waals surface area (Å²) in [7, 11) is 0. The molecule has 6 heteroatoms. The van der Waals surface area contributed by atoms with Gasteiger partial charge in [-0.1, -0.05) is 38.1 Å². The molecule has 0 saturated heterocycles. The lowest BCUT2D eigenvalue weighted by atomic mass is 10.2. The Labute approximate surface area is 149 Å². The van der Waals surface area contributed by atoms with E-state index in [0.29, 0.717) is 5.11 Å². The van der Waals surface area contributed by atoms with Crippen molar-refractivity contribution >= 4 is 50.5 Å². The van der Waals surface area contributed by atoms with Gasteiger partial charge in [0.15, 0.2) is 5.11 Å². The number of nitrogens with zero attached hydrogens (tertiary/aromatic N) is 1. The molecule has 0 aliphatic rings. The van der Waals surface area contributed by atoms with Gasteiger partial charge in [-0.25, -0.2) is 4.98 Å². The second-order valence-corrected chi connectivity index (χ2v) is 7.07. The van der Waals surface area contributed by atoms with E-state index in [-0.39, 0.29) is 11.8 Å². The standard InChI is InChI=1S/C18H17N3OS2/c1-11(2)16(22)21-18(23)20-13-8-4-3-7-12(13)17-19-14-9-5-6-10-15(14)24-17/h3-11H,1-2H3,(H2,20,21,22,23). The Morgan fingerprint density at radius 1 is 1.12 bits per heavy atom. The van der Waals surface area contributed by atoms with Crippen LogP contribution in [0.1, 0.15) is 13.8 Å². The molecule has 1 heterocycles. The van der Waals surface area contributed by atoms with Gasteiger partial charge in [0.1, 0.15) is 5.01 Å². The molecule has 3 rings (SSSR count). The third-order valence-corrected chi connectivity index (χ3v) is 4.73. The molecule has 4 nitrogen and oxygen atoms in total. The molecule has 0 atom stereocenters. The predicted octanol–water partition coefficient (Wildman–Crippen LogP) is 4.43. The van der Waals surface area contributed by atoms with Gasteiger partial charge in [-0.15, -0.1) is 11.3 Å². The van der Waals surface area contributed by atoms with Gasteiger partial charge < -0.3 is 10.6 Å². The summed E-state index contributed by atoms with van der Waals surface area (Å²) < 4.78 is 1.14. The van der Waals surface area contributed by atoms with Crippen LogP contribution in [-0.2, 0) is 4.79 Å². The fraction of sp³-hybridized carbons (Fsp3) is 0.167. The summed E-state index contributed by atoms with van der Waals surface area (Å²) >= 11 is 6.87. The van der Waals surface area contributed by atoms with E-state index in [9.17, 15) is 4.79 Å². The normalized spacial score (nSPS) is 10.8. The van der Waals surface area contributed by atoms with Gasteiger partial charge in [-0.05, 0) is 36.5 Å². The van der Waals surface area contributed by atoms with Crippen LogP contribution in [-0.4, -0.2) is 16.0 Å². The Kier molecular flexibility index (Phi) is 4.87. The highest BCUT2D eigenvalue weighted by atomic mass is 32.1. The van der Waals surface area contributed by atoms with Gasteiger partial charge in [0.2, 0.25) is 5.91 Å². The van der Waals surface area contributed by atoms with E-state index < -0.39 is 0 Å². The number of carbonyl (C=O) groups excluding carboxylic acids is 1. The van der Waals surface area contributed by atoms with Crippen LogP contribution in [0.3, 0.4) is 0 Å². The second kappa shape index (κ2) is 7.07. The molecule has 0 aliphatic carbocycles. The molecule has 0 radical (unpaired) electrons. The van der Waals surface area contributed by atoms with Crippen molar-refractivity contribution in [2.75, 3.05) is 5.32 Å². The molecular formula is C18H17N3OS2. The number of para-hydroxylation sites is 2. The summed E-state index contributed by atoms with van der Waals surface area (Å²) in [4.78, 5) is 16.5. The van der Waals surface area contributed by atoms with Gasteiger partial charge in [-0.2, -0.15) is 0 Å².